The zero-order valence-electron chi connectivity index (χ0n) is 11.1. The zero-order chi connectivity index (χ0) is 14.7. The van der Waals surface area contributed by atoms with Gasteiger partial charge in [0.05, 0.1) is 18.4 Å². The molecule has 1 aromatic heterocycles. The van der Waals surface area contributed by atoms with Crippen LogP contribution in [-0.4, -0.2) is 18.0 Å². The highest BCUT2D eigenvalue weighted by Crippen LogP contribution is 2.27. The molecule has 0 aliphatic carbocycles. The maximum absolute atomic E-state index is 12.3. The number of methoxy groups -OCH3 is 1. The molecule has 0 aliphatic rings. The second kappa shape index (κ2) is 5.92. The fourth-order valence-electron chi connectivity index (χ4n) is 1.81. The van der Waals surface area contributed by atoms with Crippen LogP contribution in [0.5, 0.6) is 5.75 Å². The van der Waals surface area contributed by atoms with Gasteiger partial charge < -0.3 is 15.8 Å². The molecule has 2 aromatic rings. The van der Waals surface area contributed by atoms with Crippen molar-refractivity contribution in [3.8, 4) is 5.75 Å². The van der Waals surface area contributed by atoms with Crippen molar-refractivity contribution in [3.05, 3.63) is 46.1 Å². The van der Waals surface area contributed by atoms with Gasteiger partial charge in [-0.2, -0.15) is 0 Å². The van der Waals surface area contributed by atoms with Crippen molar-refractivity contribution in [2.24, 2.45) is 0 Å². The molecule has 0 saturated carbocycles. The lowest BCUT2D eigenvalue weighted by Crippen LogP contribution is -2.15. The highest BCUT2D eigenvalue weighted by molar-refractivity contribution is 9.10. The molecule has 1 heterocycles. The normalized spacial score (nSPS) is 10.2. The van der Waals surface area contributed by atoms with Crippen molar-refractivity contribution in [1.29, 1.82) is 0 Å². The maximum atomic E-state index is 12.3. The molecule has 6 heteroatoms. The Hall–Kier alpha value is -2.08. The number of amides is 1. The molecule has 0 spiro atoms. The van der Waals surface area contributed by atoms with Gasteiger partial charge in [-0.25, -0.2) is 4.98 Å². The minimum Gasteiger partial charge on any atom is -0.494 e. The molecule has 104 valence electrons. The third-order valence-corrected chi connectivity index (χ3v) is 3.20. The number of benzene rings is 1. The van der Waals surface area contributed by atoms with Gasteiger partial charge in [-0.05, 0) is 46.6 Å². The van der Waals surface area contributed by atoms with Crippen LogP contribution in [0.3, 0.4) is 0 Å². The smallest absolute Gasteiger partial charge is 0.260 e. The summed E-state index contributed by atoms with van der Waals surface area (Å²) in [6.07, 6.45) is 1.62. The first-order valence-corrected chi connectivity index (χ1v) is 6.68. The second-order valence-electron chi connectivity index (χ2n) is 4.20. The predicted octanol–water partition coefficient (Wildman–Crippen LogP) is 3.00. The molecule has 0 atom stereocenters. The lowest BCUT2D eigenvalue weighted by molar-refractivity contribution is 0.102. The number of carbonyl (C=O) groups excluding carboxylic acids is 1. The first-order chi connectivity index (χ1) is 9.52. The number of para-hydroxylation sites is 1. The summed E-state index contributed by atoms with van der Waals surface area (Å²) < 4.78 is 6.03. The van der Waals surface area contributed by atoms with E-state index in [0.717, 1.165) is 10.0 Å². The van der Waals surface area contributed by atoms with E-state index in [-0.39, 0.29) is 5.91 Å². The Bertz CT molecular complexity index is 659. The number of halogens is 1. The first kappa shape index (κ1) is 14.3. The SMILES string of the molecule is COc1c(N)cccc1C(=O)Nc1ncc(Br)cc1C. The van der Waals surface area contributed by atoms with Gasteiger partial charge in [-0.1, -0.05) is 6.07 Å². The van der Waals surface area contributed by atoms with E-state index < -0.39 is 0 Å². The highest BCUT2D eigenvalue weighted by Gasteiger charge is 2.15. The topological polar surface area (TPSA) is 77.2 Å². The lowest BCUT2D eigenvalue weighted by atomic mass is 10.1. The van der Waals surface area contributed by atoms with Gasteiger partial charge >= 0.3 is 0 Å². The Morgan fingerprint density at radius 1 is 1.45 bits per heavy atom. The molecule has 0 aliphatic heterocycles. The molecule has 3 N–H and O–H groups in total. The molecule has 2 rings (SSSR count). The third kappa shape index (κ3) is 2.91. The van der Waals surface area contributed by atoms with Crippen molar-refractivity contribution in [1.82, 2.24) is 4.98 Å². The zero-order valence-corrected chi connectivity index (χ0v) is 12.7. The lowest BCUT2D eigenvalue weighted by Gasteiger charge is -2.12. The van der Waals surface area contributed by atoms with E-state index >= 15 is 0 Å². The number of carbonyl (C=O) groups is 1. The molecule has 0 bridgehead atoms. The van der Waals surface area contributed by atoms with Gasteiger partial charge in [0.15, 0.2) is 5.75 Å². The van der Waals surface area contributed by atoms with E-state index in [2.05, 4.69) is 26.2 Å². The number of nitrogens with zero attached hydrogens (tertiary/aromatic N) is 1. The summed E-state index contributed by atoms with van der Waals surface area (Å²) in [6, 6.07) is 6.91. The van der Waals surface area contributed by atoms with Crippen LogP contribution < -0.4 is 15.8 Å². The van der Waals surface area contributed by atoms with Crippen LogP contribution in [0.1, 0.15) is 15.9 Å². The highest BCUT2D eigenvalue weighted by atomic mass is 79.9. The molecule has 0 saturated heterocycles. The number of aryl methyl sites for hydroxylation is 1. The Morgan fingerprint density at radius 3 is 2.85 bits per heavy atom. The molecule has 20 heavy (non-hydrogen) atoms. The summed E-state index contributed by atoms with van der Waals surface area (Å²) in [7, 11) is 1.48. The van der Waals surface area contributed by atoms with Crippen LogP contribution in [0, 0.1) is 6.92 Å². The minimum atomic E-state index is -0.313. The average Bonchev–Trinajstić information content (AvgIpc) is 2.41. The summed E-state index contributed by atoms with van der Waals surface area (Å²) in [5.74, 6) is 0.550. The van der Waals surface area contributed by atoms with Gasteiger partial charge in [-0.3, -0.25) is 4.79 Å². The van der Waals surface area contributed by atoms with Crippen LogP contribution in [0.25, 0.3) is 0 Å². The Morgan fingerprint density at radius 2 is 2.20 bits per heavy atom. The molecular formula is C14H14BrN3O2. The summed E-state index contributed by atoms with van der Waals surface area (Å²) >= 11 is 3.33. The van der Waals surface area contributed by atoms with Crippen LogP contribution >= 0.6 is 15.9 Å². The molecule has 1 amide bonds. The third-order valence-electron chi connectivity index (χ3n) is 2.77. The monoisotopic (exact) mass is 335 g/mol. The van der Waals surface area contributed by atoms with Crippen LogP contribution in [-0.2, 0) is 0 Å². The van der Waals surface area contributed by atoms with E-state index in [4.69, 9.17) is 10.5 Å². The largest absolute Gasteiger partial charge is 0.494 e. The van der Waals surface area contributed by atoms with Gasteiger partial charge in [0.25, 0.3) is 5.91 Å². The standard InChI is InChI=1S/C14H14BrN3O2/c1-8-6-9(15)7-17-13(8)18-14(19)10-4-3-5-11(16)12(10)20-2/h3-7H,16H2,1-2H3,(H,17,18,19). The van der Waals surface area contributed by atoms with Gasteiger partial charge in [0, 0.05) is 10.7 Å². The van der Waals surface area contributed by atoms with Crippen molar-refractivity contribution in [2.45, 2.75) is 6.92 Å². The van der Waals surface area contributed by atoms with E-state index in [1.54, 1.807) is 24.4 Å². The Labute approximate surface area is 125 Å². The van der Waals surface area contributed by atoms with Crippen LogP contribution in [0.2, 0.25) is 0 Å². The summed E-state index contributed by atoms with van der Waals surface area (Å²) in [6.45, 7) is 1.87. The molecule has 0 radical (unpaired) electrons. The number of hydrogen-bond acceptors (Lipinski definition) is 4. The second-order valence-corrected chi connectivity index (χ2v) is 5.12. The fourth-order valence-corrected chi connectivity index (χ4v) is 2.25. The number of nitrogens with one attached hydrogen (secondary N) is 1. The van der Waals surface area contributed by atoms with E-state index in [1.165, 1.54) is 7.11 Å². The molecule has 1 aromatic carbocycles. The van der Waals surface area contributed by atoms with E-state index in [0.29, 0.717) is 22.8 Å². The van der Waals surface area contributed by atoms with Crippen molar-refractivity contribution in [3.63, 3.8) is 0 Å². The van der Waals surface area contributed by atoms with Crippen molar-refractivity contribution in [2.75, 3.05) is 18.2 Å². The van der Waals surface area contributed by atoms with Crippen molar-refractivity contribution < 1.29 is 9.53 Å². The number of nitrogens with two attached hydrogens (primary N) is 1. The van der Waals surface area contributed by atoms with Crippen molar-refractivity contribution >= 4 is 33.3 Å². The van der Waals surface area contributed by atoms with Crippen LogP contribution in [0.4, 0.5) is 11.5 Å². The quantitative estimate of drug-likeness (QED) is 0.845. The summed E-state index contributed by atoms with van der Waals surface area (Å²) in [5, 5.41) is 2.75. The van der Waals surface area contributed by atoms with Crippen LogP contribution in [0.15, 0.2) is 34.9 Å². The number of pyridine rings is 1. The number of aromatic nitrogens is 1. The number of ether oxygens (including phenoxy) is 1. The number of anilines is 2. The average molecular weight is 336 g/mol. The predicted molar refractivity (Wildman–Crippen MR) is 82.0 cm³/mol. The number of rotatable bonds is 3. The molecule has 5 nitrogen and oxygen atoms in total. The fraction of sp³-hybridized carbons (Fsp3) is 0.143. The van der Waals surface area contributed by atoms with E-state index in [9.17, 15) is 4.79 Å². The maximum Gasteiger partial charge on any atom is 0.260 e. The first-order valence-electron chi connectivity index (χ1n) is 5.89. The Balaban J connectivity index is 2.31. The van der Waals surface area contributed by atoms with E-state index in [1.807, 2.05) is 13.0 Å². The number of nitrogen functional groups attached to an aromatic ring is 1. The molecule has 0 unspecified atom stereocenters. The number of hydrogen-bond donors (Lipinski definition) is 2. The molecular weight excluding hydrogens is 322 g/mol. The van der Waals surface area contributed by atoms with Gasteiger partial charge in [-0.15, -0.1) is 0 Å². The Kier molecular flexibility index (Phi) is 4.24. The minimum absolute atomic E-state index is 0.313. The molecule has 0 fully saturated rings. The summed E-state index contributed by atoms with van der Waals surface area (Å²) in [4.78, 5) is 16.5. The van der Waals surface area contributed by atoms with Gasteiger partial charge in [0.1, 0.15) is 5.82 Å². The van der Waals surface area contributed by atoms with Gasteiger partial charge in [0.2, 0.25) is 0 Å². The summed E-state index contributed by atoms with van der Waals surface area (Å²) in [5.41, 5.74) is 7.43.